The zero-order valence-electron chi connectivity index (χ0n) is 15.2. The predicted molar refractivity (Wildman–Crippen MR) is 107 cm³/mol. The van der Waals surface area contributed by atoms with Crippen LogP contribution in [0.5, 0.6) is 0 Å². The van der Waals surface area contributed by atoms with E-state index in [1.54, 1.807) is 10.9 Å². The van der Waals surface area contributed by atoms with Crippen molar-refractivity contribution in [2.24, 2.45) is 17.8 Å². The summed E-state index contributed by atoms with van der Waals surface area (Å²) in [6, 6.07) is 7.88. The zero-order chi connectivity index (χ0) is 18.6. The van der Waals surface area contributed by atoms with Gasteiger partial charge in [0.05, 0.1) is 6.54 Å². The number of hydrogen-bond acceptors (Lipinski definition) is 2. The van der Waals surface area contributed by atoms with Gasteiger partial charge in [0.2, 0.25) is 0 Å². The van der Waals surface area contributed by atoms with Crippen molar-refractivity contribution < 1.29 is 4.79 Å². The van der Waals surface area contributed by atoms with Crippen LogP contribution in [0.15, 0.2) is 39.7 Å². The molecule has 2 N–H and O–H groups in total. The molecule has 1 heterocycles. The minimum atomic E-state index is -0.315. The maximum absolute atomic E-state index is 12.9. The number of amides is 1. The Labute approximate surface area is 166 Å². The number of hydrogen-bond donors (Lipinski definition) is 2. The van der Waals surface area contributed by atoms with Crippen LogP contribution in [-0.4, -0.2) is 21.2 Å². The summed E-state index contributed by atoms with van der Waals surface area (Å²) in [5.74, 6) is 2.06. The molecule has 6 heteroatoms. The van der Waals surface area contributed by atoms with Gasteiger partial charge in [-0.2, -0.15) is 0 Å². The van der Waals surface area contributed by atoms with Crippen molar-refractivity contribution in [3.8, 4) is 0 Å². The van der Waals surface area contributed by atoms with Crippen LogP contribution in [0.4, 0.5) is 0 Å². The highest BCUT2D eigenvalue weighted by Gasteiger charge is 2.51. The molecule has 0 spiro atoms. The van der Waals surface area contributed by atoms with Crippen LogP contribution in [0.25, 0.3) is 0 Å². The standard InChI is InChI=1S/C21H24BrN3O2/c22-18-4-2-1-3-16(18)11-25-12-17(20(27)24-25)19(26)23-21-8-13-5-14(9-21)7-15(6-13)10-21/h1-4,12-15H,5-11H2,(H,23,26)(H,24,27). The second-order valence-electron chi connectivity index (χ2n) is 8.86. The first-order chi connectivity index (χ1) is 13.0. The van der Waals surface area contributed by atoms with Gasteiger partial charge in [0, 0.05) is 16.2 Å². The molecule has 0 aliphatic heterocycles. The van der Waals surface area contributed by atoms with Gasteiger partial charge in [0.1, 0.15) is 5.56 Å². The zero-order valence-corrected chi connectivity index (χ0v) is 16.8. The van der Waals surface area contributed by atoms with Crippen LogP contribution in [0.2, 0.25) is 0 Å². The SMILES string of the molecule is O=C(NC12CC3CC(CC(C3)C1)C2)c1cn(Cc2ccccc2Br)[nH]c1=O. The second kappa shape index (κ2) is 6.36. The number of carbonyl (C=O) groups excluding carboxylic acids is 1. The van der Waals surface area contributed by atoms with Crippen molar-refractivity contribution in [1.29, 1.82) is 0 Å². The van der Waals surface area contributed by atoms with Gasteiger partial charge < -0.3 is 5.32 Å². The highest BCUT2D eigenvalue weighted by molar-refractivity contribution is 9.10. The summed E-state index contributed by atoms with van der Waals surface area (Å²) < 4.78 is 2.68. The number of aromatic nitrogens is 2. The lowest BCUT2D eigenvalue weighted by atomic mass is 9.53. The van der Waals surface area contributed by atoms with Gasteiger partial charge in [-0.05, 0) is 67.9 Å². The van der Waals surface area contributed by atoms with E-state index in [4.69, 9.17) is 0 Å². The van der Waals surface area contributed by atoms with Crippen molar-refractivity contribution in [3.63, 3.8) is 0 Å². The minimum absolute atomic E-state index is 0.0805. The Kier molecular flexibility index (Phi) is 4.08. The molecule has 0 unspecified atom stereocenters. The molecule has 27 heavy (non-hydrogen) atoms. The Morgan fingerprint density at radius 3 is 2.41 bits per heavy atom. The fourth-order valence-corrected chi connectivity index (χ4v) is 6.48. The highest BCUT2D eigenvalue weighted by atomic mass is 79.9. The quantitative estimate of drug-likeness (QED) is 0.777. The number of carbonyl (C=O) groups is 1. The molecule has 5 nitrogen and oxygen atoms in total. The highest BCUT2D eigenvalue weighted by Crippen LogP contribution is 2.55. The van der Waals surface area contributed by atoms with Crippen molar-refractivity contribution in [2.75, 3.05) is 0 Å². The van der Waals surface area contributed by atoms with Gasteiger partial charge in [0.15, 0.2) is 0 Å². The monoisotopic (exact) mass is 429 g/mol. The van der Waals surface area contributed by atoms with Gasteiger partial charge in [-0.1, -0.05) is 34.1 Å². The molecule has 1 aromatic carbocycles. The molecular weight excluding hydrogens is 406 g/mol. The summed E-state index contributed by atoms with van der Waals surface area (Å²) in [5, 5.41) is 6.08. The molecule has 1 amide bonds. The van der Waals surface area contributed by atoms with Gasteiger partial charge in [-0.25, -0.2) is 0 Å². The Hall–Kier alpha value is -1.82. The van der Waals surface area contributed by atoms with Gasteiger partial charge >= 0.3 is 0 Å². The van der Waals surface area contributed by atoms with Crippen LogP contribution in [0, 0.1) is 17.8 Å². The molecule has 0 radical (unpaired) electrons. The average Bonchev–Trinajstić information content (AvgIpc) is 2.96. The Bertz CT molecular complexity index is 910. The van der Waals surface area contributed by atoms with Crippen LogP contribution in [0.3, 0.4) is 0 Å². The third-order valence-electron chi connectivity index (χ3n) is 6.73. The lowest BCUT2D eigenvalue weighted by Crippen LogP contribution is -2.60. The van der Waals surface area contributed by atoms with E-state index >= 15 is 0 Å². The number of aromatic amines is 1. The molecule has 4 aliphatic carbocycles. The van der Waals surface area contributed by atoms with Gasteiger partial charge in [-0.15, -0.1) is 0 Å². The van der Waals surface area contributed by atoms with Crippen LogP contribution in [-0.2, 0) is 6.54 Å². The van der Waals surface area contributed by atoms with Crippen LogP contribution >= 0.6 is 15.9 Å². The second-order valence-corrected chi connectivity index (χ2v) is 9.71. The maximum Gasteiger partial charge on any atom is 0.276 e. The third kappa shape index (κ3) is 3.18. The molecule has 6 rings (SSSR count). The number of nitrogens with zero attached hydrogens (tertiary/aromatic N) is 1. The smallest absolute Gasteiger partial charge is 0.276 e. The molecule has 2 aromatic rings. The number of halogens is 1. The van der Waals surface area contributed by atoms with Crippen molar-refractivity contribution >= 4 is 21.8 Å². The number of rotatable bonds is 4. The molecule has 4 bridgehead atoms. The molecule has 4 aliphatic rings. The van der Waals surface area contributed by atoms with Crippen molar-refractivity contribution in [3.05, 3.63) is 56.4 Å². The van der Waals surface area contributed by atoms with Crippen molar-refractivity contribution in [1.82, 2.24) is 15.1 Å². The normalized spacial score (nSPS) is 31.2. The molecule has 0 atom stereocenters. The summed E-state index contributed by atoms with van der Waals surface area (Å²) in [6.07, 6.45) is 8.90. The number of nitrogens with one attached hydrogen (secondary N) is 2. The first-order valence-corrected chi connectivity index (χ1v) is 10.6. The number of H-pyrrole nitrogens is 1. The lowest BCUT2D eigenvalue weighted by Gasteiger charge is -2.56. The van der Waals surface area contributed by atoms with E-state index < -0.39 is 0 Å². The van der Waals surface area contributed by atoms with Gasteiger partial charge in [0.25, 0.3) is 11.5 Å². The molecule has 0 saturated heterocycles. The summed E-state index contributed by atoms with van der Waals surface area (Å²) in [4.78, 5) is 25.3. The van der Waals surface area contributed by atoms with E-state index in [1.807, 2.05) is 24.3 Å². The Morgan fingerprint density at radius 2 is 1.78 bits per heavy atom. The molecule has 4 fully saturated rings. The van der Waals surface area contributed by atoms with E-state index in [0.29, 0.717) is 6.54 Å². The summed E-state index contributed by atoms with van der Waals surface area (Å²) in [7, 11) is 0. The maximum atomic E-state index is 12.9. The summed E-state index contributed by atoms with van der Waals surface area (Å²) in [5.41, 5.74) is 0.877. The van der Waals surface area contributed by atoms with Crippen LogP contribution in [0.1, 0.15) is 54.4 Å². The number of benzene rings is 1. The largest absolute Gasteiger partial charge is 0.346 e. The van der Waals surface area contributed by atoms with Crippen molar-refractivity contribution in [2.45, 2.75) is 50.6 Å². The van der Waals surface area contributed by atoms with E-state index in [1.165, 1.54) is 19.3 Å². The van der Waals surface area contributed by atoms with E-state index in [0.717, 1.165) is 47.1 Å². The van der Waals surface area contributed by atoms with Gasteiger partial charge in [-0.3, -0.25) is 19.4 Å². The average molecular weight is 430 g/mol. The first-order valence-electron chi connectivity index (χ1n) is 9.85. The Morgan fingerprint density at radius 1 is 1.15 bits per heavy atom. The third-order valence-corrected chi connectivity index (χ3v) is 7.51. The molecule has 4 saturated carbocycles. The van der Waals surface area contributed by atoms with E-state index in [9.17, 15) is 9.59 Å². The topological polar surface area (TPSA) is 66.9 Å². The fourth-order valence-electron chi connectivity index (χ4n) is 6.07. The summed E-state index contributed by atoms with van der Waals surface area (Å²) in [6.45, 7) is 0.515. The van der Waals surface area contributed by atoms with E-state index in [-0.39, 0.29) is 22.6 Å². The summed E-state index contributed by atoms with van der Waals surface area (Å²) >= 11 is 3.53. The lowest BCUT2D eigenvalue weighted by molar-refractivity contribution is -0.0167. The molecular formula is C21H24BrN3O2. The predicted octanol–water partition coefficient (Wildman–Crippen LogP) is 3.69. The first kappa shape index (κ1) is 17.3. The fraction of sp³-hybridized carbons (Fsp3) is 0.524. The van der Waals surface area contributed by atoms with E-state index in [2.05, 4.69) is 26.3 Å². The Balaban J connectivity index is 1.35. The van der Waals surface area contributed by atoms with Crippen LogP contribution < -0.4 is 10.9 Å². The molecule has 142 valence electrons. The minimum Gasteiger partial charge on any atom is -0.346 e. The molecule has 1 aromatic heterocycles.